The number of nitrogens with zero attached hydrogens (tertiary/aromatic N) is 1. The first-order valence-corrected chi connectivity index (χ1v) is 8.10. The number of aliphatic hydroxyl groups excluding tert-OH is 1. The average Bonchev–Trinajstić information content (AvgIpc) is 2.34. The van der Waals surface area contributed by atoms with Gasteiger partial charge in [-0.3, -0.25) is 0 Å². The molecule has 0 aliphatic rings. The van der Waals surface area contributed by atoms with Gasteiger partial charge < -0.3 is 5.11 Å². The fourth-order valence-electron chi connectivity index (χ4n) is 1.66. The molecule has 0 atom stereocenters. The molecule has 0 spiro atoms. The summed E-state index contributed by atoms with van der Waals surface area (Å²) in [5.41, 5.74) is 1.45. The van der Waals surface area contributed by atoms with Gasteiger partial charge in [-0.1, -0.05) is 25.1 Å². The zero-order valence-electron chi connectivity index (χ0n) is 11.1. The Hall–Kier alpha value is -0.690. The third-order valence-corrected chi connectivity index (χ3v) is 5.49. The molecule has 1 aromatic carbocycles. The van der Waals surface area contributed by atoms with Gasteiger partial charge in [0.05, 0.1) is 11.5 Å². The zero-order chi connectivity index (χ0) is 14.6. The molecule has 0 saturated carbocycles. The van der Waals surface area contributed by atoms with Crippen molar-refractivity contribution in [1.29, 1.82) is 0 Å². The molecule has 1 N–H and O–H groups in total. The molecule has 0 amide bonds. The number of sulfonamides is 1. The standard InChI is InChI=1S/C13H18BrNO3S/c1-4-15(8-10(2)3)19(17,18)13-6-5-11(9-16)7-12(13)14/h5-7,16H,2,4,8-9H2,1,3H3. The van der Waals surface area contributed by atoms with E-state index in [1.807, 2.05) is 0 Å². The molecule has 1 aromatic rings. The molecule has 0 aliphatic carbocycles. The monoisotopic (exact) mass is 347 g/mol. The minimum Gasteiger partial charge on any atom is -0.392 e. The van der Waals surface area contributed by atoms with Gasteiger partial charge in [0.2, 0.25) is 10.0 Å². The lowest BCUT2D eigenvalue weighted by Crippen LogP contribution is -2.32. The third-order valence-electron chi connectivity index (χ3n) is 2.60. The molecule has 4 nitrogen and oxygen atoms in total. The van der Waals surface area contributed by atoms with E-state index >= 15 is 0 Å². The predicted molar refractivity (Wildman–Crippen MR) is 79.3 cm³/mol. The summed E-state index contributed by atoms with van der Waals surface area (Å²) in [6.07, 6.45) is 0. The van der Waals surface area contributed by atoms with E-state index in [9.17, 15) is 8.42 Å². The molecule has 0 unspecified atom stereocenters. The Bertz CT molecular complexity index is 569. The van der Waals surface area contributed by atoms with Gasteiger partial charge in [-0.25, -0.2) is 8.42 Å². The van der Waals surface area contributed by atoms with E-state index in [0.29, 0.717) is 23.1 Å². The molecule has 0 saturated heterocycles. The average molecular weight is 348 g/mol. The summed E-state index contributed by atoms with van der Waals surface area (Å²) in [6, 6.07) is 4.72. The second-order valence-electron chi connectivity index (χ2n) is 4.31. The van der Waals surface area contributed by atoms with E-state index in [4.69, 9.17) is 5.11 Å². The van der Waals surface area contributed by atoms with Crippen molar-refractivity contribution in [2.75, 3.05) is 13.1 Å². The maximum atomic E-state index is 12.5. The van der Waals surface area contributed by atoms with E-state index in [-0.39, 0.29) is 11.5 Å². The first-order valence-electron chi connectivity index (χ1n) is 5.86. The molecule has 0 bridgehead atoms. The number of hydrogen-bond donors (Lipinski definition) is 1. The molecule has 0 aliphatic heterocycles. The Morgan fingerprint density at radius 2 is 2.11 bits per heavy atom. The molecule has 106 valence electrons. The Morgan fingerprint density at radius 1 is 1.47 bits per heavy atom. The van der Waals surface area contributed by atoms with Crippen molar-refractivity contribution >= 4 is 26.0 Å². The van der Waals surface area contributed by atoms with Gasteiger partial charge in [-0.15, -0.1) is 0 Å². The minimum atomic E-state index is -3.56. The Labute approximate surface area is 122 Å². The van der Waals surface area contributed by atoms with Crippen LogP contribution in [-0.2, 0) is 16.6 Å². The Kier molecular flexibility index (Phi) is 5.73. The zero-order valence-corrected chi connectivity index (χ0v) is 13.5. The smallest absolute Gasteiger partial charge is 0.244 e. The van der Waals surface area contributed by atoms with Gasteiger partial charge in [0.25, 0.3) is 0 Å². The van der Waals surface area contributed by atoms with Crippen LogP contribution in [0.3, 0.4) is 0 Å². The van der Waals surface area contributed by atoms with E-state index < -0.39 is 10.0 Å². The predicted octanol–water partition coefficient (Wildman–Crippen LogP) is 2.53. The van der Waals surface area contributed by atoms with Crippen molar-refractivity contribution in [3.05, 3.63) is 40.4 Å². The van der Waals surface area contributed by atoms with E-state index in [1.165, 1.54) is 10.4 Å². The first kappa shape index (κ1) is 16.4. The van der Waals surface area contributed by atoms with Crippen LogP contribution < -0.4 is 0 Å². The van der Waals surface area contributed by atoms with Crippen molar-refractivity contribution < 1.29 is 13.5 Å². The molecular formula is C13H18BrNO3S. The van der Waals surface area contributed by atoms with Gasteiger partial charge in [0.15, 0.2) is 0 Å². The molecule has 0 aromatic heterocycles. The summed E-state index contributed by atoms with van der Waals surface area (Å²) in [4.78, 5) is 0.202. The summed E-state index contributed by atoms with van der Waals surface area (Å²) in [6.45, 7) is 7.89. The van der Waals surface area contributed by atoms with Crippen LogP contribution in [0.1, 0.15) is 19.4 Å². The molecule has 0 fully saturated rings. The van der Waals surface area contributed by atoms with Crippen molar-refractivity contribution in [3.63, 3.8) is 0 Å². The Morgan fingerprint density at radius 3 is 2.53 bits per heavy atom. The van der Waals surface area contributed by atoms with Crippen LogP contribution in [0.2, 0.25) is 0 Å². The third kappa shape index (κ3) is 3.89. The van der Waals surface area contributed by atoms with E-state index in [1.54, 1.807) is 26.0 Å². The summed E-state index contributed by atoms with van der Waals surface area (Å²) < 4.78 is 26.9. The largest absolute Gasteiger partial charge is 0.392 e. The highest BCUT2D eigenvalue weighted by Crippen LogP contribution is 2.26. The second-order valence-corrected chi connectivity index (χ2v) is 7.07. The number of benzene rings is 1. The van der Waals surface area contributed by atoms with Crippen molar-refractivity contribution in [2.45, 2.75) is 25.3 Å². The first-order chi connectivity index (χ1) is 8.82. The summed E-state index contributed by atoms with van der Waals surface area (Å²) in [5.74, 6) is 0. The summed E-state index contributed by atoms with van der Waals surface area (Å²) in [7, 11) is -3.56. The van der Waals surface area contributed by atoms with Crippen LogP contribution in [0.4, 0.5) is 0 Å². The number of halogens is 1. The fraction of sp³-hybridized carbons (Fsp3) is 0.385. The lowest BCUT2D eigenvalue weighted by Gasteiger charge is -2.21. The topological polar surface area (TPSA) is 57.6 Å². The quantitative estimate of drug-likeness (QED) is 0.804. The van der Waals surface area contributed by atoms with Gasteiger partial charge >= 0.3 is 0 Å². The van der Waals surface area contributed by atoms with Crippen LogP contribution >= 0.6 is 15.9 Å². The van der Waals surface area contributed by atoms with Crippen LogP contribution in [0, 0.1) is 0 Å². The summed E-state index contributed by atoms with van der Waals surface area (Å²) >= 11 is 3.25. The van der Waals surface area contributed by atoms with Gasteiger partial charge in [-0.05, 0) is 40.5 Å². The van der Waals surface area contributed by atoms with Gasteiger partial charge in [-0.2, -0.15) is 4.31 Å². The van der Waals surface area contributed by atoms with Crippen LogP contribution in [0.5, 0.6) is 0 Å². The number of likely N-dealkylation sites (N-methyl/N-ethyl adjacent to an activating group) is 1. The van der Waals surface area contributed by atoms with E-state index in [0.717, 1.165) is 5.57 Å². The normalized spacial score (nSPS) is 11.8. The second kappa shape index (κ2) is 6.65. The lowest BCUT2D eigenvalue weighted by atomic mass is 10.2. The minimum absolute atomic E-state index is 0.123. The molecular weight excluding hydrogens is 330 g/mol. The maximum Gasteiger partial charge on any atom is 0.244 e. The molecule has 19 heavy (non-hydrogen) atoms. The van der Waals surface area contributed by atoms with E-state index in [2.05, 4.69) is 22.5 Å². The van der Waals surface area contributed by atoms with Gasteiger partial charge in [0.1, 0.15) is 0 Å². The Balaban J connectivity index is 3.22. The maximum absolute atomic E-state index is 12.5. The number of hydrogen-bond acceptors (Lipinski definition) is 3. The number of aliphatic hydroxyl groups is 1. The number of rotatable bonds is 6. The lowest BCUT2D eigenvalue weighted by molar-refractivity contribution is 0.281. The highest BCUT2D eigenvalue weighted by molar-refractivity contribution is 9.10. The highest BCUT2D eigenvalue weighted by Gasteiger charge is 2.25. The summed E-state index contributed by atoms with van der Waals surface area (Å²) in [5, 5.41) is 9.04. The fourth-order valence-corrected chi connectivity index (χ4v) is 4.25. The van der Waals surface area contributed by atoms with Crippen molar-refractivity contribution in [2.24, 2.45) is 0 Å². The van der Waals surface area contributed by atoms with Crippen LogP contribution in [0.15, 0.2) is 39.7 Å². The van der Waals surface area contributed by atoms with Gasteiger partial charge in [0, 0.05) is 17.6 Å². The van der Waals surface area contributed by atoms with Crippen molar-refractivity contribution in [3.8, 4) is 0 Å². The SMILES string of the molecule is C=C(C)CN(CC)S(=O)(=O)c1ccc(CO)cc1Br. The molecule has 6 heteroatoms. The molecule has 0 radical (unpaired) electrons. The van der Waals surface area contributed by atoms with Crippen LogP contribution in [0.25, 0.3) is 0 Å². The van der Waals surface area contributed by atoms with Crippen molar-refractivity contribution in [1.82, 2.24) is 4.31 Å². The molecule has 0 heterocycles. The van der Waals surface area contributed by atoms with Crippen LogP contribution in [-0.4, -0.2) is 30.9 Å². The highest BCUT2D eigenvalue weighted by atomic mass is 79.9. The molecule has 1 rings (SSSR count).